The third-order valence-corrected chi connectivity index (χ3v) is 3.84. The smallest absolute Gasteiger partial charge is 0.000215 e. The SMILES string of the molecule is CC=C(C)C1C=CC(C)CC(C)C1C. The van der Waals surface area contributed by atoms with Crippen LogP contribution in [0.4, 0.5) is 0 Å². The molecule has 0 fully saturated rings. The fraction of sp³-hybridized carbons (Fsp3) is 0.714. The largest absolute Gasteiger partial charge is 0.0881 e. The van der Waals surface area contributed by atoms with E-state index in [1.807, 2.05) is 0 Å². The van der Waals surface area contributed by atoms with Crippen LogP contribution in [0, 0.1) is 23.7 Å². The zero-order chi connectivity index (χ0) is 10.7. The highest BCUT2D eigenvalue weighted by Crippen LogP contribution is 2.35. The van der Waals surface area contributed by atoms with Crippen LogP contribution < -0.4 is 0 Å². The van der Waals surface area contributed by atoms with Crippen molar-refractivity contribution in [2.45, 2.75) is 41.0 Å². The molecule has 0 amide bonds. The van der Waals surface area contributed by atoms with Crippen molar-refractivity contribution in [1.29, 1.82) is 0 Å². The maximum atomic E-state index is 2.42. The van der Waals surface area contributed by atoms with Gasteiger partial charge in [-0.3, -0.25) is 0 Å². The predicted molar refractivity (Wildman–Crippen MR) is 64.2 cm³/mol. The van der Waals surface area contributed by atoms with E-state index in [0.717, 1.165) is 17.8 Å². The highest BCUT2D eigenvalue weighted by Gasteiger charge is 2.25. The third-order valence-electron chi connectivity index (χ3n) is 3.84. The molecule has 1 aliphatic carbocycles. The molecule has 0 heterocycles. The van der Waals surface area contributed by atoms with Gasteiger partial charge in [0.1, 0.15) is 0 Å². The molecule has 4 atom stereocenters. The van der Waals surface area contributed by atoms with Crippen molar-refractivity contribution in [1.82, 2.24) is 0 Å². The highest BCUT2D eigenvalue weighted by atomic mass is 14.3. The van der Waals surface area contributed by atoms with E-state index in [-0.39, 0.29) is 0 Å². The maximum Gasteiger partial charge on any atom is 0.000215 e. The average molecular weight is 192 g/mol. The Morgan fingerprint density at radius 3 is 2.43 bits per heavy atom. The lowest BCUT2D eigenvalue weighted by Gasteiger charge is -2.26. The molecule has 80 valence electrons. The van der Waals surface area contributed by atoms with Gasteiger partial charge in [0, 0.05) is 5.92 Å². The Kier molecular flexibility index (Phi) is 3.97. The summed E-state index contributed by atoms with van der Waals surface area (Å²) in [6.07, 6.45) is 8.42. The van der Waals surface area contributed by atoms with E-state index in [4.69, 9.17) is 0 Å². The summed E-state index contributed by atoms with van der Waals surface area (Å²) in [7, 11) is 0. The van der Waals surface area contributed by atoms with Crippen molar-refractivity contribution in [2.75, 3.05) is 0 Å². The molecule has 0 N–H and O–H groups in total. The molecule has 0 spiro atoms. The van der Waals surface area contributed by atoms with Gasteiger partial charge >= 0.3 is 0 Å². The molecular formula is C14H24. The van der Waals surface area contributed by atoms with E-state index in [0.29, 0.717) is 5.92 Å². The first-order valence-corrected chi connectivity index (χ1v) is 5.87. The van der Waals surface area contributed by atoms with Crippen LogP contribution in [0.5, 0.6) is 0 Å². The average Bonchev–Trinajstić information content (AvgIpc) is 2.27. The van der Waals surface area contributed by atoms with Crippen LogP contribution in [0.1, 0.15) is 41.0 Å². The minimum atomic E-state index is 0.667. The monoisotopic (exact) mass is 192 g/mol. The van der Waals surface area contributed by atoms with Crippen LogP contribution in [0.3, 0.4) is 0 Å². The second kappa shape index (κ2) is 4.82. The first-order chi connectivity index (χ1) is 6.56. The standard InChI is InChI=1S/C14H24/c1-6-11(3)14-8-7-10(2)9-12(4)13(14)5/h6-8,10,12-14H,9H2,1-5H3. The Morgan fingerprint density at radius 2 is 1.86 bits per heavy atom. The Balaban J connectivity index is 2.87. The second-order valence-corrected chi connectivity index (χ2v) is 4.99. The van der Waals surface area contributed by atoms with Crippen molar-refractivity contribution >= 4 is 0 Å². The molecule has 14 heavy (non-hydrogen) atoms. The van der Waals surface area contributed by atoms with E-state index in [2.05, 4.69) is 52.8 Å². The van der Waals surface area contributed by atoms with Gasteiger partial charge < -0.3 is 0 Å². The summed E-state index contributed by atoms with van der Waals surface area (Å²) in [5.41, 5.74) is 1.52. The summed E-state index contributed by atoms with van der Waals surface area (Å²) in [4.78, 5) is 0. The fourth-order valence-corrected chi connectivity index (χ4v) is 2.48. The molecular weight excluding hydrogens is 168 g/mol. The van der Waals surface area contributed by atoms with Gasteiger partial charge in [0.15, 0.2) is 0 Å². The van der Waals surface area contributed by atoms with E-state index in [1.54, 1.807) is 0 Å². The van der Waals surface area contributed by atoms with Crippen molar-refractivity contribution in [2.24, 2.45) is 23.7 Å². The normalized spacial score (nSPS) is 39.6. The molecule has 0 aromatic heterocycles. The molecule has 0 aromatic rings. The summed E-state index contributed by atoms with van der Waals surface area (Å²) in [5.74, 6) is 3.04. The quantitative estimate of drug-likeness (QED) is 0.539. The molecule has 0 saturated carbocycles. The Bertz CT molecular complexity index is 234. The zero-order valence-electron chi connectivity index (χ0n) is 10.2. The van der Waals surface area contributed by atoms with Gasteiger partial charge in [0.25, 0.3) is 0 Å². The second-order valence-electron chi connectivity index (χ2n) is 4.99. The van der Waals surface area contributed by atoms with E-state index in [1.165, 1.54) is 12.0 Å². The minimum Gasteiger partial charge on any atom is -0.0881 e. The lowest BCUT2D eigenvalue weighted by Crippen LogP contribution is -2.17. The summed E-state index contributed by atoms with van der Waals surface area (Å²) < 4.78 is 0. The molecule has 0 aliphatic heterocycles. The molecule has 0 nitrogen and oxygen atoms in total. The van der Waals surface area contributed by atoms with Crippen LogP contribution in [-0.2, 0) is 0 Å². The van der Waals surface area contributed by atoms with Gasteiger partial charge in [-0.1, -0.05) is 44.6 Å². The van der Waals surface area contributed by atoms with Crippen molar-refractivity contribution in [3.8, 4) is 0 Å². The zero-order valence-corrected chi connectivity index (χ0v) is 10.2. The first kappa shape index (κ1) is 11.6. The number of hydrogen-bond acceptors (Lipinski definition) is 0. The van der Waals surface area contributed by atoms with E-state index < -0.39 is 0 Å². The van der Waals surface area contributed by atoms with Crippen LogP contribution in [0.25, 0.3) is 0 Å². The van der Waals surface area contributed by atoms with Gasteiger partial charge in [-0.15, -0.1) is 0 Å². The van der Waals surface area contributed by atoms with Gasteiger partial charge in [-0.05, 0) is 38.0 Å². The number of rotatable bonds is 1. The maximum absolute atomic E-state index is 2.42. The lowest BCUT2D eigenvalue weighted by atomic mass is 9.79. The number of hydrogen-bond donors (Lipinski definition) is 0. The summed E-state index contributed by atoms with van der Waals surface area (Å²) in [5, 5.41) is 0. The third kappa shape index (κ3) is 2.50. The molecule has 1 rings (SSSR count). The Hall–Kier alpha value is -0.520. The fourth-order valence-electron chi connectivity index (χ4n) is 2.48. The molecule has 0 heteroatoms. The Morgan fingerprint density at radius 1 is 1.21 bits per heavy atom. The topological polar surface area (TPSA) is 0 Å². The molecule has 0 aromatic carbocycles. The predicted octanol–water partition coefficient (Wildman–Crippen LogP) is 4.44. The molecule has 0 saturated heterocycles. The van der Waals surface area contributed by atoms with Gasteiger partial charge in [-0.25, -0.2) is 0 Å². The van der Waals surface area contributed by atoms with Crippen LogP contribution in [0.15, 0.2) is 23.8 Å². The Labute approximate surface area is 89.1 Å². The van der Waals surface area contributed by atoms with E-state index >= 15 is 0 Å². The highest BCUT2D eigenvalue weighted by molar-refractivity contribution is 5.14. The summed E-state index contributed by atoms with van der Waals surface area (Å²) in [6.45, 7) is 11.5. The molecule has 0 bridgehead atoms. The van der Waals surface area contributed by atoms with Gasteiger partial charge in [0.2, 0.25) is 0 Å². The molecule has 4 unspecified atom stereocenters. The van der Waals surface area contributed by atoms with Crippen LogP contribution in [0.2, 0.25) is 0 Å². The first-order valence-electron chi connectivity index (χ1n) is 5.87. The van der Waals surface area contributed by atoms with Crippen molar-refractivity contribution in [3.63, 3.8) is 0 Å². The molecule has 0 radical (unpaired) electrons. The van der Waals surface area contributed by atoms with Crippen LogP contribution in [-0.4, -0.2) is 0 Å². The van der Waals surface area contributed by atoms with E-state index in [9.17, 15) is 0 Å². The summed E-state index contributed by atoms with van der Waals surface area (Å²) in [6, 6.07) is 0. The summed E-state index contributed by atoms with van der Waals surface area (Å²) >= 11 is 0. The van der Waals surface area contributed by atoms with Gasteiger partial charge in [0.05, 0.1) is 0 Å². The van der Waals surface area contributed by atoms with Crippen molar-refractivity contribution < 1.29 is 0 Å². The van der Waals surface area contributed by atoms with Gasteiger partial charge in [-0.2, -0.15) is 0 Å². The number of allylic oxidation sites excluding steroid dienone is 4. The van der Waals surface area contributed by atoms with Crippen LogP contribution >= 0.6 is 0 Å². The van der Waals surface area contributed by atoms with Crippen molar-refractivity contribution in [3.05, 3.63) is 23.8 Å². The lowest BCUT2D eigenvalue weighted by molar-refractivity contribution is 0.306. The molecule has 1 aliphatic rings. The minimum absolute atomic E-state index is 0.667.